The molecule has 0 bridgehead atoms. The van der Waals surface area contributed by atoms with Crippen LogP contribution in [0.25, 0.3) is 10.8 Å². The molecular formula is C27H29N3O3. The Morgan fingerprint density at radius 3 is 2.58 bits per heavy atom. The van der Waals surface area contributed by atoms with Crippen LogP contribution in [0.15, 0.2) is 60.7 Å². The maximum Gasteiger partial charge on any atom is 0.251 e. The quantitative estimate of drug-likeness (QED) is 0.635. The van der Waals surface area contributed by atoms with E-state index < -0.39 is 0 Å². The maximum absolute atomic E-state index is 12.6. The molecule has 2 amide bonds. The summed E-state index contributed by atoms with van der Waals surface area (Å²) < 4.78 is 5.59. The van der Waals surface area contributed by atoms with Gasteiger partial charge in [-0.3, -0.25) is 14.5 Å². The Labute approximate surface area is 194 Å². The fraction of sp³-hybridized carbons (Fsp3) is 0.333. The molecule has 1 saturated heterocycles. The van der Waals surface area contributed by atoms with Crippen molar-refractivity contribution in [2.75, 3.05) is 39.3 Å². The van der Waals surface area contributed by atoms with Crippen molar-refractivity contribution in [1.29, 1.82) is 0 Å². The molecule has 1 fully saturated rings. The van der Waals surface area contributed by atoms with Crippen LogP contribution in [0.1, 0.15) is 27.9 Å². The molecule has 5 rings (SSSR count). The second-order valence-corrected chi connectivity index (χ2v) is 8.77. The van der Waals surface area contributed by atoms with Crippen molar-refractivity contribution in [2.45, 2.75) is 19.4 Å². The first-order chi connectivity index (χ1) is 16.2. The average molecular weight is 444 g/mol. The third-order valence-corrected chi connectivity index (χ3v) is 6.52. The van der Waals surface area contributed by atoms with E-state index in [1.807, 2.05) is 47.4 Å². The summed E-state index contributed by atoms with van der Waals surface area (Å²) in [5, 5.41) is 5.03. The predicted octanol–water partition coefficient (Wildman–Crippen LogP) is 3.24. The van der Waals surface area contributed by atoms with E-state index in [-0.39, 0.29) is 11.8 Å². The molecule has 170 valence electrons. The number of carbonyl (C=O) groups excluding carboxylic acids is 2. The van der Waals surface area contributed by atoms with Crippen molar-refractivity contribution in [3.05, 3.63) is 77.4 Å². The molecule has 2 heterocycles. The summed E-state index contributed by atoms with van der Waals surface area (Å²) in [5.41, 5.74) is 3.22. The number of fused-ring (bicyclic) bond motifs is 2. The highest BCUT2D eigenvalue weighted by Crippen LogP contribution is 2.26. The van der Waals surface area contributed by atoms with E-state index in [9.17, 15) is 9.59 Å². The van der Waals surface area contributed by atoms with Crippen LogP contribution in [-0.2, 0) is 17.8 Å². The van der Waals surface area contributed by atoms with Crippen molar-refractivity contribution in [3.63, 3.8) is 0 Å². The summed E-state index contributed by atoms with van der Waals surface area (Å²) in [5.74, 6) is 0.975. The number of amides is 2. The van der Waals surface area contributed by atoms with E-state index >= 15 is 0 Å². The van der Waals surface area contributed by atoms with Crippen LogP contribution in [-0.4, -0.2) is 60.9 Å². The summed E-state index contributed by atoms with van der Waals surface area (Å²) in [6, 6.07) is 20.1. The van der Waals surface area contributed by atoms with Gasteiger partial charge in [-0.25, -0.2) is 0 Å². The summed E-state index contributed by atoms with van der Waals surface area (Å²) in [7, 11) is 0. The third kappa shape index (κ3) is 5.01. The molecule has 6 heteroatoms. The van der Waals surface area contributed by atoms with E-state index in [1.165, 1.54) is 11.1 Å². The minimum Gasteiger partial charge on any atom is -0.493 e. The third-order valence-electron chi connectivity index (χ3n) is 6.52. The highest BCUT2D eigenvalue weighted by atomic mass is 16.5. The molecule has 0 spiro atoms. The smallest absolute Gasteiger partial charge is 0.251 e. The van der Waals surface area contributed by atoms with Gasteiger partial charge in [-0.2, -0.15) is 0 Å². The minimum absolute atomic E-state index is 0.100. The zero-order valence-electron chi connectivity index (χ0n) is 18.8. The average Bonchev–Trinajstić information content (AvgIpc) is 3.32. The molecule has 0 aromatic heterocycles. The van der Waals surface area contributed by atoms with Crippen LogP contribution >= 0.6 is 0 Å². The largest absolute Gasteiger partial charge is 0.493 e. The zero-order valence-corrected chi connectivity index (χ0v) is 18.8. The Kier molecular flexibility index (Phi) is 6.26. The van der Waals surface area contributed by atoms with Gasteiger partial charge >= 0.3 is 0 Å². The van der Waals surface area contributed by atoms with E-state index in [1.54, 1.807) is 0 Å². The SMILES string of the molecule is O=C(NCCC(=O)N1CCN(Cc2ccc3c(c2)CCO3)CC1)c1ccc2ccccc2c1. The molecule has 2 aliphatic rings. The number of rotatable bonds is 6. The summed E-state index contributed by atoms with van der Waals surface area (Å²) >= 11 is 0. The fourth-order valence-corrected chi connectivity index (χ4v) is 4.63. The van der Waals surface area contributed by atoms with Gasteiger partial charge in [-0.05, 0) is 40.1 Å². The van der Waals surface area contributed by atoms with Gasteiger partial charge in [0.15, 0.2) is 0 Å². The fourth-order valence-electron chi connectivity index (χ4n) is 4.63. The lowest BCUT2D eigenvalue weighted by molar-refractivity contribution is -0.132. The van der Waals surface area contributed by atoms with Gasteiger partial charge in [-0.1, -0.05) is 42.5 Å². The molecule has 33 heavy (non-hydrogen) atoms. The molecule has 2 aliphatic heterocycles. The van der Waals surface area contributed by atoms with Crippen molar-refractivity contribution in [1.82, 2.24) is 15.1 Å². The number of hydrogen-bond acceptors (Lipinski definition) is 4. The maximum atomic E-state index is 12.6. The monoisotopic (exact) mass is 443 g/mol. The second kappa shape index (κ2) is 9.63. The number of piperazine rings is 1. The van der Waals surface area contributed by atoms with Crippen molar-refractivity contribution in [2.24, 2.45) is 0 Å². The van der Waals surface area contributed by atoms with Gasteiger partial charge in [-0.15, -0.1) is 0 Å². The van der Waals surface area contributed by atoms with Crippen molar-refractivity contribution in [3.8, 4) is 5.75 Å². The van der Waals surface area contributed by atoms with Gasteiger partial charge in [0.05, 0.1) is 6.61 Å². The summed E-state index contributed by atoms with van der Waals surface area (Å²) in [4.78, 5) is 29.4. The number of nitrogens with one attached hydrogen (secondary N) is 1. The molecular weight excluding hydrogens is 414 g/mol. The first kappa shape index (κ1) is 21.5. The normalized spacial score (nSPS) is 15.8. The first-order valence-corrected chi connectivity index (χ1v) is 11.7. The van der Waals surface area contributed by atoms with Crippen molar-refractivity contribution < 1.29 is 14.3 Å². The number of hydrogen-bond donors (Lipinski definition) is 1. The van der Waals surface area contributed by atoms with Crippen LogP contribution in [0.2, 0.25) is 0 Å². The topological polar surface area (TPSA) is 61.9 Å². The van der Waals surface area contributed by atoms with Crippen LogP contribution in [0.4, 0.5) is 0 Å². The van der Waals surface area contributed by atoms with Crippen LogP contribution in [0.3, 0.4) is 0 Å². The van der Waals surface area contributed by atoms with Gasteiger partial charge in [0, 0.05) is 57.7 Å². The highest BCUT2D eigenvalue weighted by Gasteiger charge is 2.21. The van der Waals surface area contributed by atoms with Crippen molar-refractivity contribution >= 4 is 22.6 Å². The van der Waals surface area contributed by atoms with Gasteiger partial charge in [0.1, 0.15) is 5.75 Å². The van der Waals surface area contributed by atoms with Gasteiger partial charge in [0.25, 0.3) is 5.91 Å². The summed E-state index contributed by atoms with van der Waals surface area (Å²) in [6.45, 7) is 5.21. The Morgan fingerprint density at radius 1 is 0.909 bits per heavy atom. The first-order valence-electron chi connectivity index (χ1n) is 11.7. The lowest BCUT2D eigenvalue weighted by atomic mass is 10.1. The van der Waals surface area contributed by atoms with Crippen LogP contribution in [0, 0.1) is 0 Å². The Hall–Kier alpha value is -3.38. The molecule has 0 atom stereocenters. The molecule has 0 aliphatic carbocycles. The van der Waals surface area contributed by atoms with Crippen LogP contribution < -0.4 is 10.1 Å². The number of nitrogens with zero attached hydrogens (tertiary/aromatic N) is 2. The molecule has 3 aromatic rings. The standard InChI is InChI=1S/C27H29N3O3/c31-26(9-11-28-27(32)24-7-6-21-3-1-2-4-22(21)18-24)30-14-12-29(13-15-30)19-20-5-8-25-23(17-20)10-16-33-25/h1-8,17-18H,9-16,19H2,(H,28,32). The summed E-state index contributed by atoms with van der Waals surface area (Å²) in [6.07, 6.45) is 1.31. The number of carbonyl (C=O) groups is 2. The highest BCUT2D eigenvalue weighted by molar-refractivity contribution is 5.98. The molecule has 0 unspecified atom stereocenters. The van der Waals surface area contributed by atoms with E-state index in [0.29, 0.717) is 18.5 Å². The van der Waals surface area contributed by atoms with E-state index in [0.717, 1.165) is 62.3 Å². The molecule has 0 radical (unpaired) electrons. The molecule has 6 nitrogen and oxygen atoms in total. The van der Waals surface area contributed by atoms with E-state index in [2.05, 4.69) is 28.4 Å². The molecule has 3 aromatic carbocycles. The minimum atomic E-state index is -0.141. The van der Waals surface area contributed by atoms with E-state index in [4.69, 9.17) is 4.74 Å². The second-order valence-electron chi connectivity index (χ2n) is 8.77. The predicted molar refractivity (Wildman–Crippen MR) is 128 cm³/mol. The Balaban J connectivity index is 1.05. The zero-order chi connectivity index (χ0) is 22.6. The van der Waals surface area contributed by atoms with Gasteiger partial charge in [0.2, 0.25) is 5.91 Å². The lowest BCUT2D eigenvalue weighted by Gasteiger charge is -2.35. The Bertz CT molecular complexity index is 1170. The lowest BCUT2D eigenvalue weighted by Crippen LogP contribution is -2.48. The number of ether oxygens (including phenoxy) is 1. The molecule has 1 N–H and O–H groups in total. The Morgan fingerprint density at radius 2 is 1.73 bits per heavy atom. The molecule has 0 saturated carbocycles. The van der Waals surface area contributed by atoms with Gasteiger partial charge < -0.3 is 15.0 Å². The number of benzene rings is 3. The van der Waals surface area contributed by atoms with Crippen LogP contribution in [0.5, 0.6) is 5.75 Å².